The first-order valence-electron chi connectivity index (χ1n) is 8.78. The highest BCUT2D eigenvalue weighted by molar-refractivity contribution is 5.55. The lowest BCUT2D eigenvalue weighted by atomic mass is 10.0. The zero-order valence-corrected chi connectivity index (χ0v) is 14.5. The molecule has 1 aliphatic heterocycles. The zero-order valence-electron chi connectivity index (χ0n) is 14.5. The highest BCUT2D eigenvalue weighted by Crippen LogP contribution is 2.25. The summed E-state index contributed by atoms with van der Waals surface area (Å²) in [7, 11) is 0. The van der Waals surface area contributed by atoms with E-state index in [2.05, 4.69) is 15.3 Å². The van der Waals surface area contributed by atoms with Crippen molar-refractivity contribution in [1.82, 2.24) is 24.9 Å². The molecule has 1 aromatic carbocycles. The fourth-order valence-electron chi connectivity index (χ4n) is 3.41. The Balaban J connectivity index is 1.39. The van der Waals surface area contributed by atoms with Crippen LogP contribution in [0.2, 0.25) is 0 Å². The maximum absolute atomic E-state index is 13.8. The number of likely N-dealkylation sites (tertiary alicyclic amines) is 1. The number of aromatic nitrogens is 4. The molecule has 1 aliphatic rings. The van der Waals surface area contributed by atoms with E-state index in [-0.39, 0.29) is 18.2 Å². The molecule has 0 atom stereocenters. The summed E-state index contributed by atoms with van der Waals surface area (Å²) in [4.78, 5) is 6.08. The van der Waals surface area contributed by atoms with Gasteiger partial charge in [0, 0.05) is 49.2 Å². The molecular weight excluding hydrogens is 355 g/mol. The van der Waals surface area contributed by atoms with E-state index in [9.17, 15) is 13.2 Å². The molecule has 1 saturated heterocycles. The van der Waals surface area contributed by atoms with E-state index in [4.69, 9.17) is 0 Å². The molecule has 8 heteroatoms. The van der Waals surface area contributed by atoms with Gasteiger partial charge in [0.1, 0.15) is 11.5 Å². The molecular formula is C19H18F3N5. The Bertz CT molecular complexity index is 920. The lowest BCUT2D eigenvalue weighted by molar-refractivity contribution is 0.170. The average molecular weight is 373 g/mol. The molecule has 0 unspecified atom stereocenters. The summed E-state index contributed by atoms with van der Waals surface area (Å²) in [5, 5.41) is 8.43. The van der Waals surface area contributed by atoms with Crippen LogP contribution in [0.1, 0.15) is 24.4 Å². The van der Waals surface area contributed by atoms with Crippen molar-refractivity contribution in [2.75, 3.05) is 13.1 Å². The largest absolute Gasteiger partial charge is 0.299 e. The number of hydrogen-bond acceptors (Lipinski definition) is 4. The molecule has 0 saturated carbocycles. The summed E-state index contributed by atoms with van der Waals surface area (Å²) < 4.78 is 42.4. The summed E-state index contributed by atoms with van der Waals surface area (Å²) in [6, 6.07) is 5.59. The standard InChI is InChI=1S/C19H18F3N5/c20-15-8-14(19(22)17(21)9-15)11-26-6-3-16(4-7-26)27-12-18(24-25-27)13-2-1-5-23-10-13/h1-2,5,8-10,12,16H,3-4,6-7,11H2. The molecule has 0 spiro atoms. The fraction of sp³-hybridized carbons (Fsp3) is 0.316. The van der Waals surface area contributed by atoms with Gasteiger partial charge in [0.25, 0.3) is 0 Å². The first-order chi connectivity index (χ1) is 13.1. The van der Waals surface area contributed by atoms with E-state index in [0.717, 1.165) is 30.2 Å². The number of nitrogens with zero attached hydrogens (tertiary/aromatic N) is 5. The first-order valence-corrected chi connectivity index (χ1v) is 8.78. The van der Waals surface area contributed by atoms with Crippen LogP contribution < -0.4 is 0 Å². The lowest BCUT2D eigenvalue weighted by Crippen LogP contribution is -2.34. The van der Waals surface area contributed by atoms with Gasteiger partial charge in [-0.3, -0.25) is 9.88 Å². The van der Waals surface area contributed by atoms with Crippen molar-refractivity contribution >= 4 is 0 Å². The van der Waals surface area contributed by atoms with Crippen molar-refractivity contribution in [3.63, 3.8) is 0 Å². The zero-order chi connectivity index (χ0) is 18.8. The lowest BCUT2D eigenvalue weighted by Gasteiger charge is -2.31. The predicted molar refractivity (Wildman–Crippen MR) is 93.1 cm³/mol. The van der Waals surface area contributed by atoms with Crippen molar-refractivity contribution in [1.29, 1.82) is 0 Å². The van der Waals surface area contributed by atoms with Gasteiger partial charge in [-0.1, -0.05) is 5.21 Å². The smallest absolute Gasteiger partial charge is 0.163 e. The van der Waals surface area contributed by atoms with Crippen molar-refractivity contribution < 1.29 is 13.2 Å². The average Bonchev–Trinajstić information content (AvgIpc) is 3.17. The number of halogens is 3. The second-order valence-corrected chi connectivity index (χ2v) is 6.69. The van der Waals surface area contributed by atoms with E-state index in [0.29, 0.717) is 19.2 Å². The van der Waals surface area contributed by atoms with Crippen LogP contribution in [0.25, 0.3) is 11.3 Å². The van der Waals surface area contributed by atoms with E-state index in [1.54, 1.807) is 12.4 Å². The predicted octanol–water partition coefficient (Wildman–Crippen LogP) is 3.59. The van der Waals surface area contributed by atoms with Gasteiger partial charge in [-0.2, -0.15) is 0 Å². The Morgan fingerprint density at radius 1 is 1.11 bits per heavy atom. The molecule has 0 amide bonds. The van der Waals surface area contributed by atoms with Crippen LogP contribution in [0.5, 0.6) is 0 Å². The van der Waals surface area contributed by atoms with Gasteiger partial charge in [0.15, 0.2) is 11.6 Å². The molecule has 3 heterocycles. The molecule has 0 bridgehead atoms. The van der Waals surface area contributed by atoms with Gasteiger partial charge in [0.2, 0.25) is 0 Å². The maximum Gasteiger partial charge on any atom is 0.163 e. The van der Waals surface area contributed by atoms with Crippen LogP contribution in [-0.2, 0) is 6.54 Å². The summed E-state index contributed by atoms with van der Waals surface area (Å²) in [5.74, 6) is -2.88. The van der Waals surface area contributed by atoms with Gasteiger partial charge in [-0.15, -0.1) is 5.10 Å². The first kappa shape index (κ1) is 17.7. The molecule has 0 aliphatic carbocycles. The maximum atomic E-state index is 13.8. The van der Waals surface area contributed by atoms with Crippen LogP contribution in [0, 0.1) is 17.5 Å². The molecule has 5 nitrogen and oxygen atoms in total. The van der Waals surface area contributed by atoms with Crippen LogP contribution in [-0.4, -0.2) is 38.0 Å². The number of benzene rings is 1. The highest BCUT2D eigenvalue weighted by atomic mass is 19.2. The van der Waals surface area contributed by atoms with Gasteiger partial charge in [-0.05, 0) is 31.0 Å². The SMILES string of the molecule is Fc1cc(F)c(F)c(CN2CCC(n3cc(-c4cccnc4)nn3)CC2)c1. The van der Waals surface area contributed by atoms with Crippen LogP contribution in [0.3, 0.4) is 0 Å². The second-order valence-electron chi connectivity index (χ2n) is 6.69. The molecule has 140 valence electrons. The normalized spacial score (nSPS) is 16.0. The monoisotopic (exact) mass is 373 g/mol. The quantitative estimate of drug-likeness (QED) is 0.656. The van der Waals surface area contributed by atoms with E-state index < -0.39 is 17.5 Å². The molecule has 0 N–H and O–H groups in total. The molecule has 0 radical (unpaired) electrons. The minimum Gasteiger partial charge on any atom is -0.299 e. The van der Waals surface area contributed by atoms with Gasteiger partial charge >= 0.3 is 0 Å². The Hall–Kier alpha value is -2.74. The third kappa shape index (κ3) is 3.85. The summed E-state index contributed by atoms with van der Waals surface area (Å²) in [6.07, 6.45) is 6.95. The third-order valence-corrected chi connectivity index (χ3v) is 4.86. The van der Waals surface area contributed by atoms with Crippen LogP contribution in [0.4, 0.5) is 13.2 Å². The minimum absolute atomic E-state index is 0.0468. The Kier molecular flexibility index (Phi) is 4.89. The Morgan fingerprint density at radius 2 is 1.93 bits per heavy atom. The van der Waals surface area contributed by atoms with Gasteiger partial charge < -0.3 is 0 Å². The second kappa shape index (κ2) is 7.48. The van der Waals surface area contributed by atoms with Crippen molar-refractivity contribution in [3.8, 4) is 11.3 Å². The summed E-state index contributed by atoms with van der Waals surface area (Å²) in [6.45, 7) is 1.56. The third-order valence-electron chi connectivity index (χ3n) is 4.86. The minimum atomic E-state index is -1.15. The molecule has 4 rings (SSSR count). The van der Waals surface area contributed by atoms with Crippen LogP contribution in [0.15, 0.2) is 42.9 Å². The molecule has 1 fully saturated rings. The van der Waals surface area contributed by atoms with Crippen LogP contribution >= 0.6 is 0 Å². The summed E-state index contributed by atoms with van der Waals surface area (Å²) >= 11 is 0. The van der Waals surface area contributed by atoms with E-state index >= 15 is 0 Å². The van der Waals surface area contributed by atoms with Gasteiger partial charge in [0.05, 0.1) is 12.2 Å². The topological polar surface area (TPSA) is 46.8 Å². The number of hydrogen-bond donors (Lipinski definition) is 0. The highest BCUT2D eigenvalue weighted by Gasteiger charge is 2.23. The Labute approximate surface area is 154 Å². The number of pyridine rings is 1. The van der Waals surface area contributed by atoms with Crippen molar-refractivity contribution in [3.05, 3.63) is 65.9 Å². The molecule has 3 aromatic rings. The summed E-state index contributed by atoms with van der Waals surface area (Å²) in [5.41, 5.74) is 1.72. The number of piperidine rings is 1. The Morgan fingerprint density at radius 3 is 2.67 bits per heavy atom. The van der Waals surface area contributed by atoms with E-state index in [1.165, 1.54) is 0 Å². The molecule has 2 aromatic heterocycles. The van der Waals surface area contributed by atoms with E-state index in [1.807, 2.05) is 27.9 Å². The van der Waals surface area contributed by atoms with Gasteiger partial charge in [-0.25, -0.2) is 17.9 Å². The fourth-order valence-corrected chi connectivity index (χ4v) is 3.41. The number of rotatable bonds is 4. The molecule has 27 heavy (non-hydrogen) atoms. The van der Waals surface area contributed by atoms with Crippen molar-refractivity contribution in [2.45, 2.75) is 25.4 Å². The van der Waals surface area contributed by atoms with Crippen molar-refractivity contribution in [2.24, 2.45) is 0 Å².